The van der Waals surface area contributed by atoms with Gasteiger partial charge in [-0.05, 0) is 18.6 Å². The smallest absolute Gasteiger partial charge is 0.197 e. The Bertz CT molecular complexity index is 414. The average molecular weight is 198 g/mol. The van der Waals surface area contributed by atoms with E-state index in [1.165, 1.54) is 6.20 Å². The SMILES string of the molecule is O=S1(=O)CCCNc2cccnc21. The van der Waals surface area contributed by atoms with Crippen LogP contribution in [0.5, 0.6) is 0 Å². The average Bonchev–Trinajstić information content (AvgIpc) is 2.26. The molecular weight excluding hydrogens is 188 g/mol. The Hall–Kier alpha value is -1.10. The molecule has 0 spiro atoms. The second kappa shape index (κ2) is 2.99. The Morgan fingerprint density at radius 1 is 1.46 bits per heavy atom. The summed E-state index contributed by atoms with van der Waals surface area (Å²) in [7, 11) is -3.15. The summed E-state index contributed by atoms with van der Waals surface area (Å²) in [5.41, 5.74) is 0.625. The molecule has 2 heterocycles. The van der Waals surface area contributed by atoms with Gasteiger partial charge in [0.05, 0.1) is 11.4 Å². The predicted molar refractivity (Wildman–Crippen MR) is 49.4 cm³/mol. The summed E-state index contributed by atoms with van der Waals surface area (Å²) in [6.07, 6.45) is 2.14. The molecule has 0 amide bonds. The first-order chi connectivity index (χ1) is 6.20. The molecule has 0 saturated carbocycles. The fourth-order valence-corrected chi connectivity index (χ4v) is 2.77. The van der Waals surface area contributed by atoms with Crippen molar-refractivity contribution in [2.75, 3.05) is 17.6 Å². The molecular formula is C8H10N2O2S. The Morgan fingerprint density at radius 2 is 2.31 bits per heavy atom. The minimum absolute atomic E-state index is 0.185. The Morgan fingerprint density at radius 3 is 3.15 bits per heavy atom. The molecule has 1 aromatic rings. The number of nitrogens with zero attached hydrogens (tertiary/aromatic N) is 1. The third kappa shape index (κ3) is 1.51. The first-order valence-corrected chi connectivity index (χ1v) is 5.77. The predicted octanol–water partition coefficient (Wildman–Crippen LogP) is 0.671. The van der Waals surface area contributed by atoms with Crippen molar-refractivity contribution in [2.24, 2.45) is 0 Å². The van der Waals surface area contributed by atoms with E-state index in [0.717, 1.165) is 0 Å². The fraction of sp³-hybridized carbons (Fsp3) is 0.375. The van der Waals surface area contributed by atoms with Crippen LogP contribution in [0.2, 0.25) is 0 Å². The molecule has 0 unspecified atom stereocenters. The molecule has 0 aliphatic carbocycles. The van der Waals surface area contributed by atoms with Gasteiger partial charge in [-0.25, -0.2) is 13.4 Å². The lowest BCUT2D eigenvalue weighted by Crippen LogP contribution is -2.06. The van der Waals surface area contributed by atoms with Crippen molar-refractivity contribution in [3.05, 3.63) is 18.3 Å². The number of sulfone groups is 1. The van der Waals surface area contributed by atoms with Crippen LogP contribution >= 0.6 is 0 Å². The van der Waals surface area contributed by atoms with Gasteiger partial charge in [-0.15, -0.1) is 0 Å². The van der Waals surface area contributed by atoms with Crippen LogP contribution in [-0.2, 0) is 9.84 Å². The summed E-state index contributed by atoms with van der Waals surface area (Å²) in [4.78, 5) is 3.88. The van der Waals surface area contributed by atoms with Crippen molar-refractivity contribution in [1.29, 1.82) is 0 Å². The second-order valence-corrected chi connectivity index (χ2v) is 4.98. The lowest BCUT2D eigenvalue weighted by Gasteiger charge is -2.03. The summed E-state index contributed by atoms with van der Waals surface area (Å²) in [5.74, 6) is 0.185. The highest BCUT2D eigenvalue weighted by atomic mass is 32.2. The van der Waals surface area contributed by atoms with E-state index in [2.05, 4.69) is 10.3 Å². The van der Waals surface area contributed by atoms with E-state index >= 15 is 0 Å². The van der Waals surface area contributed by atoms with Gasteiger partial charge in [-0.3, -0.25) is 0 Å². The van der Waals surface area contributed by atoms with Gasteiger partial charge >= 0.3 is 0 Å². The van der Waals surface area contributed by atoms with E-state index in [-0.39, 0.29) is 10.8 Å². The van der Waals surface area contributed by atoms with E-state index in [1.807, 2.05) is 0 Å². The highest BCUT2D eigenvalue weighted by Crippen LogP contribution is 2.22. The Kier molecular flexibility index (Phi) is 1.95. The molecule has 0 aromatic carbocycles. The number of anilines is 1. The molecule has 5 heteroatoms. The summed E-state index contributed by atoms with van der Waals surface area (Å²) in [5, 5.41) is 3.23. The summed E-state index contributed by atoms with van der Waals surface area (Å²) in [6, 6.07) is 3.47. The first-order valence-electron chi connectivity index (χ1n) is 4.12. The molecule has 1 aromatic heterocycles. The van der Waals surface area contributed by atoms with Gasteiger partial charge in [0.2, 0.25) is 0 Å². The third-order valence-electron chi connectivity index (χ3n) is 1.97. The van der Waals surface area contributed by atoms with Gasteiger partial charge in [-0.2, -0.15) is 0 Å². The number of nitrogens with one attached hydrogen (secondary N) is 1. The maximum atomic E-state index is 11.6. The van der Waals surface area contributed by atoms with Crippen LogP contribution < -0.4 is 5.32 Å². The molecule has 70 valence electrons. The summed E-state index contributed by atoms with van der Waals surface area (Å²) < 4.78 is 23.2. The summed E-state index contributed by atoms with van der Waals surface area (Å²) in [6.45, 7) is 0.692. The molecule has 4 nitrogen and oxygen atoms in total. The first kappa shape index (κ1) is 8.50. The van der Waals surface area contributed by atoms with Gasteiger partial charge in [0.1, 0.15) is 0 Å². The fourth-order valence-electron chi connectivity index (χ4n) is 1.36. The molecule has 1 aliphatic rings. The van der Waals surface area contributed by atoms with E-state index in [4.69, 9.17) is 0 Å². The van der Waals surface area contributed by atoms with E-state index < -0.39 is 9.84 Å². The number of aromatic nitrogens is 1. The van der Waals surface area contributed by atoms with Crippen molar-refractivity contribution in [3.8, 4) is 0 Å². The van der Waals surface area contributed by atoms with Crippen molar-refractivity contribution in [2.45, 2.75) is 11.4 Å². The molecule has 0 fully saturated rings. The third-order valence-corrected chi connectivity index (χ3v) is 3.71. The Balaban J connectivity index is 2.62. The summed E-state index contributed by atoms with van der Waals surface area (Å²) >= 11 is 0. The van der Waals surface area contributed by atoms with Gasteiger partial charge in [0.25, 0.3) is 0 Å². The van der Waals surface area contributed by atoms with Gasteiger partial charge in [-0.1, -0.05) is 0 Å². The number of pyridine rings is 1. The van der Waals surface area contributed by atoms with Crippen molar-refractivity contribution >= 4 is 15.5 Å². The zero-order valence-electron chi connectivity index (χ0n) is 7.03. The van der Waals surface area contributed by atoms with Crippen LogP contribution in [0.4, 0.5) is 5.69 Å². The van der Waals surface area contributed by atoms with Crippen LogP contribution in [-0.4, -0.2) is 25.7 Å². The topological polar surface area (TPSA) is 59.1 Å². The number of fused-ring (bicyclic) bond motifs is 1. The maximum Gasteiger partial charge on any atom is 0.197 e. The van der Waals surface area contributed by atoms with Crippen LogP contribution in [0.25, 0.3) is 0 Å². The highest BCUT2D eigenvalue weighted by molar-refractivity contribution is 7.91. The van der Waals surface area contributed by atoms with E-state index in [1.54, 1.807) is 12.1 Å². The molecule has 0 radical (unpaired) electrons. The standard InChI is InChI=1S/C8H10N2O2S/c11-13(12)6-2-5-9-7-3-1-4-10-8(7)13/h1,3-4,9H,2,5-6H2. The largest absolute Gasteiger partial charge is 0.383 e. The lowest BCUT2D eigenvalue weighted by molar-refractivity contribution is 0.592. The zero-order chi connectivity index (χ0) is 9.31. The zero-order valence-corrected chi connectivity index (χ0v) is 7.84. The molecule has 0 saturated heterocycles. The normalized spacial score (nSPS) is 19.7. The van der Waals surface area contributed by atoms with Gasteiger partial charge < -0.3 is 5.32 Å². The number of hydrogen-bond acceptors (Lipinski definition) is 4. The second-order valence-electron chi connectivity index (χ2n) is 2.96. The van der Waals surface area contributed by atoms with Crippen LogP contribution in [0, 0.1) is 0 Å². The lowest BCUT2D eigenvalue weighted by atomic mass is 10.4. The minimum atomic E-state index is -3.15. The van der Waals surface area contributed by atoms with E-state index in [9.17, 15) is 8.42 Å². The number of hydrogen-bond donors (Lipinski definition) is 1. The van der Waals surface area contributed by atoms with Gasteiger partial charge in [0.15, 0.2) is 14.9 Å². The highest BCUT2D eigenvalue weighted by Gasteiger charge is 2.22. The van der Waals surface area contributed by atoms with Crippen LogP contribution in [0.15, 0.2) is 23.4 Å². The molecule has 0 bridgehead atoms. The minimum Gasteiger partial charge on any atom is -0.383 e. The monoisotopic (exact) mass is 198 g/mol. The Labute approximate surface area is 76.9 Å². The van der Waals surface area contributed by atoms with Crippen LogP contribution in [0.1, 0.15) is 6.42 Å². The molecule has 13 heavy (non-hydrogen) atoms. The van der Waals surface area contributed by atoms with Crippen molar-refractivity contribution in [3.63, 3.8) is 0 Å². The maximum absolute atomic E-state index is 11.6. The number of rotatable bonds is 0. The van der Waals surface area contributed by atoms with Gasteiger partial charge in [0, 0.05) is 12.7 Å². The molecule has 2 rings (SSSR count). The van der Waals surface area contributed by atoms with Crippen LogP contribution in [0.3, 0.4) is 0 Å². The van der Waals surface area contributed by atoms with Crippen molar-refractivity contribution < 1.29 is 8.42 Å². The molecule has 1 N–H and O–H groups in total. The van der Waals surface area contributed by atoms with Crippen molar-refractivity contribution in [1.82, 2.24) is 4.98 Å². The van der Waals surface area contributed by atoms with E-state index in [0.29, 0.717) is 18.7 Å². The molecule has 1 aliphatic heterocycles. The molecule has 0 atom stereocenters. The quantitative estimate of drug-likeness (QED) is 0.665.